The number of hydrogen-bond acceptors (Lipinski definition) is 11. The molecule has 0 spiro atoms. The molecule has 256 valence electrons. The lowest BCUT2D eigenvalue weighted by atomic mass is 9.95. The summed E-state index contributed by atoms with van der Waals surface area (Å²) in [6, 6.07) is 13.5. The Labute approximate surface area is 291 Å². The van der Waals surface area contributed by atoms with E-state index >= 15 is 0 Å². The standard InChI is InChI=1S/C36H35ClN2O9S/c1-7-44-35(41)31-20(4)38-36-39(32(31)23-9-11-26(48-19(2)3)27(16-23)42-5)34(40)30(49-36)15-22-12-24(37)33(29(14-22)43-6)45-17-21-8-10-25-28(13-21)47-18-46-25/h8-16,19,32H,7,17-18H2,1-6H3/b30-15-/t32-/m0/s1. The van der Waals surface area contributed by atoms with Gasteiger partial charge in [-0.05, 0) is 86.9 Å². The highest BCUT2D eigenvalue weighted by Crippen LogP contribution is 2.39. The van der Waals surface area contributed by atoms with Crippen LogP contribution in [0.4, 0.5) is 0 Å². The van der Waals surface area contributed by atoms with Crippen LogP contribution in [-0.4, -0.2) is 44.3 Å². The molecule has 0 fully saturated rings. The zero-order valence-electron chi connectivity index (χ0n) is 27.8. The molecule has 2 aliphatic heterocycles. The molecule has 13 heteroatoms. The summed E-state index contributed by atoms with van der Waals surface area (Å²) in [6.07, 6.45) is 1.62. The first-order valence-electron chi connectivity index (χ1n) is 15.5. The number of ether oxygens (including phenoxy) is 7. The third-order valence-electron chi connectivity index (χ3n) is 7.75. The molecule has 4 aromatic rings. The minimum Gasteiger partial charge on any atom is -0.493 e. The molecule has 0 saturated carbocycles. The SMILES string of the molecule is CCOC(=O)C1=C(C)N=c2s/c(=C\c3cc(Cl)c(OCc4ccc5c(c4)OCO5)c(OC)c3)c(=O)n2[C@H]1c1ccc(OC(C)C)c(OC)c1. The number of hydrogen-bond donors (Lipinski definition) is 0. The number of carbonyl (C=O) groups is 1. The molecule has 3 heterocycles. The van der Waals surface area contributed by atoms with Crippen LogP contribution in [-0.2, 0) is 16.1 Å². The molecular formula is C36H35ClN2O9S. The van der Waals surface area contributed by atoms with Crippen molar-refractivity contribution in [1.82, 2.24) is 4.57 Å². The lowest BCUT2D eigenvalue weighted by molar-refractivity contribution is -0.139. The van der Waals surface area contributed by atoms with Crippen LogP contribution in [0.1, 0.15) is 50.4 Å². The molecule has 0 aliphatic carbocycles. The van der Waals surface area contributed by atoms with E-state index in [4.69, 9.17) is 44.8 Å². The van der Waals surface area contributed by atoms with E-state index in [0.717, 1.165) is 5.56 Å². The maximum Gasteiger partial charge on any atom is 0.338 e. The van der Waals surface area contributed by atoms with Gasteiger partial charge in [0.15, 0.2) is 39.3 Å². The van der Waals surface area contributed by atoms with Gasteiger partial charge in [-0.1, -0.05) is 35.1 Å². The number of aromatic nitrogens is 1. The number of allylic oxidation sites excluding steroid dienone is 1. The van der Waals surface area contributed by atoms with E-state index in [1.54, 1.807) is 44.2 Å². The van der Waals surface area contributed by atoms with Crippen molar-refractivity contribution in [2.75, 3.05) is 27.6 Å². The molecule has 11 nitrogen and oxygen atoms in total. The molecule has 0 saturated heterocycles. The molecule has 1 aromatic heterocycles. The summed E-state index contributed by atoms with van der Waals surface area (Å²) < 4.78 is 41.4. The molecule has 0 unspecified atom stereocenters. The summed E-state index contributed by atoms with van der Waals surface area (Å²) in [5, 5.41) is 0.299. The zero-order chi connectivity index (χ0) is 34.8. The van der Waals surface area contributed by atoms with E-state index in [9.17, 15) is 9.59 Å². The van der Waals surface area contributed by atoms with Crippen molar-refractivity contribution in [1.29, 1.82) is 0 Å². The predicted octanol–water partition coefficient (Wildman–Crippen LogP) is 5.56. The fourth-order valence-corrected chi connectivity index (χ4v) is 6.93. The molecule has 0 radical (unpaired) electrons. The van der Waals surface area contributed by atoms with E-state index < -0.39 is 12.0 Å². The topological polar surface area (TPSA) is 116 Å². The smallest absolute Gasteiger partial charge is 0.338 e. The van der Waals surface area contributed by atoms with E-state index in [1.807, 2.05) is 38.1 Å². The zero-order valence-corrected chi connectivity index (χ0v) is 29.4. The van der Waals surface area contributed by atoms with Crippen molar-refractivity contribution in [2.24, 2.45) is 4.99 Å². The van der Waals surface area contributed by atoms with Crippen molar-refractivity contribution in [2.45, 2.75) is 46.4 Å². The van der Waals surface area contributed by atoms with Crippen molar-refractivity contribution < 1.29 is 38.0 Å². The number of esters is 1. The monoisotopic (exact) mass is 706 g/mol. The number of rotatable bonds is 11. The molecular weight excluding hydrogens is 672 g/mol. The first kappa shape index (κ1) is 33.9. The summed E-state index contributed by atoms with van der Waals surface area (Å²) in [6.45, 7) is 7.85. The highest BCUT2D eigenvalue weighted by Gasteiger charge is 2.34. The summed E-state index contributed by atoms with van der Waals surface area (Å²) in [5.41, 5.74) is 2.46. The lowest BCUT2D eigenvalue weighted by Gasteiger charge is -2.25. The third-order valence-corrected chi connectivity index (χ3v) is 9.02. The average Bonchev–Trinajstić information content (AvgIpc) is 3.66. The van der Waals surface area contributed by atoms with Crippen LogP contribution >= 0.6 is 22.9 Å². The van der Waals surface area contributed by atoms with Gasteiger partial charge in [0.2, 0.25) is 6.79 Å². The lowest BCUT2D eigenvalue weighted by Crippen LogP contribution is -2.40. The highest BCUT2D eigenvalue weighted by molar-refractivity contribution is 7.07. The minimum absolute atomic E-state index is 0.0857. The molecule has 0 bridgehead atoms. The molecule has 1 atom stereocenters. The van der Waals surface area contributed by atoms with Crippen LogP contribution in [0, 0.1) is 0 Å². The minimum atomic E-state index is -0.829. The van der Waals surface area contributed by atoms with Gasteiger partial charge < -0.3 is 33.2 Å². The summed E-state index contributed by atoms with van der Waals surface area (Å²) in [4.78, 5) is 32.6. The van der Waals surface area contributed by atoms with Crippen molar-refractivity contribution in [3.05, 3.63) is 101 Å². The van der Waals surface area contributed by atoms with Crippen LogP contribution in [0.15, 0.2) is 69.6 Å². The van der Waals surface area contributed by atoms with Crippen LogP contribution < -0.4 is 43.3 Å². The number of methoxy groups -OCH3 is 2. The Bertz CT molecular complexity index is 2140. The van der Waals surface area contributed by atoms with Gasteiger partial charge in [-0.2, -0.15) is 0 Å². The van der Waals surface area contributed by atoms with Gasteiger partial charge in [-0.25, -0.2) is 9.79 Å². The van der Waals surface area contributed by atoms with Gasteiger partial charge in [-0.15, -0.1) is 0 Å². The van der Waals surface area contributed by atoms with Crippen LogP contribution in [0.3, 0.4) is 0 Å². The van der Waals surface area contributed by atoms with Crippen LogP contribution in [0.5, 0.6) is 34.5 Å². The number of nitrogens with zero attached hydrogens (tertiary/aromatic N) is 2. The Morgan fingerprint density at radius 1 is 1.06 bits per heavy atom. The maximum absolute atomic E-state index is 14.2. The Hall–Kier alpha value is -4.94. The second kappa shape index (κ2) is 14.3. The third kappa shape index (κ3) is 6.83. The number of halogens is 1. The first-order chi connectivity index (χ1) is 23.6. The average molecular weight is 707 g/mol. The molecule has 0 amide bonds. The summed E-state index contributed by atoms with van der Waals surface area (Å²) in [5.74, 6) is 2.53. The van der Waals surface area contributed by atoms with E-state index in [0.29, 0.717) is 65.7 Å². The Morgan fingerprint density at radius 3 is 2.57 bits per heavy atom. The molecule has 0 N–H and O–H groups in total. The quantitative estimate of drug-likeness (QED) is 0.185. The van der Waals surface area contributed by atoms with E-state index in [2.05, 4.69) is 4.99 Å². The molecule has 3 aromatic carbocycles. The second-order valence-corrected chi connectivity index (χ2v) is 12.8. The number of fused-ring (bicyclic) bond motifs is 2. The van der Waals surface area contributed by atoms with Crippen LogP contribution in [0.2, 0.25) is 5.02 Å². The molecule has 49 heavy (non-hydrogen) atoms. The summed E-state index contributed by atoms with van der Waals surface area (Å²) in [7, 11) is 3.06. The Balaban J connectivity index is 1.39. The van der Waals surface area contributed by atoms with Gasteiger partial charge in [0, 0.05) is 0 Å². The van der Waals surface area contributed by atoms with Crippen molar-refractivity contribution in [3.63, 3.8) is 0 Å². The van der Waals surface area contributed by atoms with Gasteiger partial charge in [-0.3, -0.25) is 9.36 Å². The second-order valence-electron chi connectivity index (χ2n) is 11.4. The number of thiazole rings is 1. The van der Waals surface area contributed by atoms with Gasteiger partial charge in [0.05, 0.1) is 53.8 Å². The van der Waals surface area contributed by atoms with Gasteiger partial charge >= 0.3 is 5.97 Å². The fourth-order valence-electron chi connectivity index (χ4n) is 5.61. The summed E-state index contributed by atoms with van der Waals surface area (Å²) >= 11 is 7.91. The van der Waals surface area contributed by atoms with E-state index in [1.165, 1.54) is 30.1 Å². The first-order valence-corrected chi connectivity index (χ1v) is 16.7. The van der Waals surface area contributed by atoms with Crippen molar-refractivity contribution in [3.8, 4) is 34.5 Å². The number of carbonyl (C=O) groups excluding carboxylic acids is 1. The van der Waals surface area contributed by atoms with Crippen molar-refractivity contribution >= 4 is 35.0 Å². The maximum atomic E-state index is 14.2. The largest absolute Gasteiger partial charge is 0.493 e. The Kier molecular flexibility index (Phi) is 9.89. The van der Waals surface area contributed by atoms with Gasteiger partial charge in [0.25, 0.3) is 5.56 Å². The molecule has 6 rings (SSSR count). The Morgan fingerprint density at radius 2 is 1.84 bits per heavy atom. The fraction of sp³-hybridized carbons (Fsp3) is 0.306. The molecule has 2 aliphatic rings. The number of benzene rings is 3. The van der Waals surface area contributed by atoms with E-state index in [-0.39, 0.29) is 37.2 Å². The normalized spacial score (nSPS) is 15.2. The van der Waals surface area contributed by atoms with Gasteiger partial charge in [0.1, 0.15) is 6.61 Å². The highest BCUT2D eigenvalue weighted by atomic mass is 35.5. The van der Waals surface area contributed by atoms with Crippen LogP contribution in [0.25, 0.3) is 6.08 Å². The predicted molar refractivity (Wildman–Crippen MR) is 184 cm³/mol.